The normalized spacial score (nSPS) is 13.8. The first-order chi connectivity index (χ1) is 10.6. The fourth-order valence-corrected chi connectivity index (χ4v) is 2.96. The first kappa shape index (κ1) is 15.0. The Balaban J connectivity index is 1.97. The molecule has 0 saturated carbocycles. The third-order valence-electron chi connectivity index (χ3n) is 3.73. The second-order valence-electron chi connectivity index (χ2n) is 5.45. The summed E-state index contributed by atoms with van der Waals surface area (Å²) < 4.78 is 2.92. The molecule has 0 aliphatic heterocycles. The van der Waals surface area contributed by atoms with E-state index in [1.807, 2.05) is 53.2 Å². The Morgan fingerprint density at radius 3 is 2.64 bits per heavy atom. The predicted octanol–water partition coefficient (Wildman–Crippen LogP) is 3.95. The van der Waals surface area contributed by atoms with Crippen LogP contribution in [0.1, 0.15) is 23.9 Å². The Labute approximate surface area is 138 Å². The lowest BCUT2D eigenvalue weighted by molar-refractivity contribution is 0.0884. The van der Waals surface area contributed by atoms with Crippen molar-refractivity contribution in [2.45, 2.75) is 19.1 Å². The summed E-state index contributed by atoms with van der Waals surface area (Å²) in [6, 6.07) is 17.8. The lowest BCUT2D eigenvalue weighted by atomic mass is 9.95. The molecule has 1 unspecified atom stereocenters. The monoisotopic (exact) mass is 356 g/mol. The number of aromatic nitrogens is 2. The van der Waals surface area contributed by atoms with Gasteiger partial charge < -0.3 is 9.67 Å². The van der Waals surface area contributed by atoms with Gasteiger partial charge in [0, 0.05) is 23.4 Å². The van der Waals surface area contributed by atoms with Gasteiger partial charge in [0.05, 0.1) is 0 Å². The maximum Gasteiger partial charge on any atom is 0.145 e. The molecule has 0 aliphatic carbocycles. The summed E-state index contributed by atoms with van der Waals surface area (Å²) in [4.78, 5) is 4.39. The van der Waals surface area contributed by atoms with E-state index in [0.717, 1.165) is 10.0 Å². The number of benzene rings is 2. The maximum absolute atomic E-state index is 11.0. The minimum absolute atomic E-state index is 0.634. The van der Waals surface area contributed by atoms with Crippen molar-refractivity contribution in [2.75, 3.05) is 0 Å². The second kappa shape index (κ2) is 6.07. The summed E-state index contributed by atoms with van der Waals surface area (Å²) in [5.41, 5.74) is 0.830. The third-order valence-corrected chi connectivity index (χ3v) is 4.23. The molecule has 22 heavy (non-hydrogen) atoms. The van der Waals surface area contributed by atoms with Crippen LogP contribution in [-0.2, 0) is 12.1 Å². The average molecular weight is 357 g/mol. The van der Waals surface area contributed by atoms with Gasteiger partial charge in [-0.05, 0) is 30.2 Å². The fourth-order valence-electron chi connectivity index (χ4n) is 2.56. The number of rotatable bonds is 4. The fraction of sp³-hybridized carbons (Fsp3) is 0.167. The van der Waals surface area contributed by atoms with Crippen LogP contribution < -0.4 is 0 Å². The van der Waals surface area contributed by atoms with Crippen LogP contribution in [0.2, 0.25) is 0 Å². The molecule has 2 aromatic carbocycles. The van der Waals surface area contributed by atoms with Gasteiger partial charge in [0.2, 0.25) is 0 Å². The van der Waals surface area contributed by atoms with Crippen molar-refractivity contribution in [1.82, 2.24) is 9.55 Å². The highest BCUT2D eigenvalue weighted by atomic mass is 79.9. The summed E-state index contributed by atoms with van der Waals surface area (Å²) in [7, 11) is 0. The maximum atomic E-state index is 11.0. The largest absolute Gasteiger partial charge is 0.377 e. The van der Waals surface area contributed by atoms with Crippen molar-refractivity contribution >= 4 is 15.9 Å². The smallest absolute Gasteiger partial charge is 0.145 e. The molecule has 1 N–H and O–H groups in total. The summed E-state index contributed by atoms with van der Waals surface area (Å²) in [6.45, 7) is 2.46. The van der Waals surface area contributed by atoms with E-state index in [9.17, 15) is 5.11 Å². The number of nitrogens with zero attached hydrogens (tertiary/aromatic N) is 2. The lowest BCUT2D eigenvalue weighted by Gasteiger charge is -2.24. The van der Waals surface area contributed by atoms with E-state index < -0.39 is 5.60 Å². The molecule has 1 atom stereocenters. The Kier molecular flexibility index (Phi) is 4.14. The Bertz CT molecular complexity index is 766. The number of hydrogen-bond donors (Lipinski definition) is 1. The van der Waals surface area contributed by atoms with Gasteiger partial charge in [-0.1, -0.05) is 58.4 Å². The van der Waals surface area contributed by atoms with Crippen molar-refractivity contribution < 1.29 is 5.11 Å². The molecule has 0 spiro atoms. The molecular formula is C18H17BrN2O. The van der Waals surface area contributed by atoms with Gasteiger partial charge in [0.25, 0.3) is 0 Å². The Hall–Kier alpha value is -1.91. The molecule has 0 amide bonds. The zero-order valence-corrected chi connectivity index (χ0v) is 13.9. The van der Waals surface area contributed by atoms with E-state index in [1.165, 1.54) is 5.56 Å². The highest BCUT2D eigenvalue weighted by Gasteiger charge is 2.30. The number of halogens is 1. The van der Waals surface area contributed by atoms with Crippen molar-refractivity contribution in [3.05, 3.63) is 88.4 Å². The van der Waals surface area contributed by atoms with E-state index in [-0.39, 0.29) is 0 Å². The Morgan fingerprint density at radius 2 is 1.91 bits per heavy atom. The minimum Gasteiger partial charge on any atom is -0.377 e. The number of hydrogen-bond acceptors (Lipinski definition) is 2. The molecule has 4 heteroatoms. The predicted molar refractivity (Wildman–Crippen MR) is 90.6 cm³/mol. The summed E-state index contributed by atoms with van der Waals surface area (Å²) >= 11 is 3.45. The van der Waals surface area contributed by atoms with Crippen LogP contribution in [0, 0.1) is 0 Å². The highest BCUT2D eigenvalue weighted by molar-refractivity contribution is 9.10. The summed E-state index contributed by atoms with van der Waals surface area (Å²) in [5.74, 6) is 0.634. The molecule has 0 bridgehead atoms. The van der Waals surface area contributed by atoms with Crippen LogP contribution in [0.3, 0.4) is 0 Å². The van der Waals surface area contributed by atoms with Gasteiger partial charge in [0.1, 0.15) is 11.4 Å². The van der Waals surface area contributed by atoms with Gasteiger partial charge in [-0.15, -0.1) is 0 Å². The van der Waals surface area contributed by atoms with Crippen molar-refractivity contribution in [1.29, 1.82) is 0 Å². The third kappa shape index (κ3) is 2.98. The zero-order valence-electron chi connectivity index (χ0n) is 12.3. The van der Waals surface area contributed by atoms with Crippen LogP contribution >= 0.6 is 15.9 Å². The molecule has 0 radical (unpaired) electrons. The molecule has 3 rings (SSSR count). The molecule has 0 saturated heterocycles. The average Bonchev–Trinajstić information content (AvgIpc) is 2.97. The molecule has 3 nitrogen and oxygen atoms in total. The minimum atomic E-state index is -1.15. The molecule has 112 valence electrons. The molecule has 1 heterocycles. The number of imidazole rings is 1. The molecule has 0 fully saturated rings. The van der Waals surface area contributed by atoms with Crippen molar-refractivity contribution in [3.63, 3.8) is 0 Å². The van der Waals surface area contributed by atoms with E-state index in [1.54, 1.807) is 13.1 Å². The second-order valence-corrected chi connectivity index (χ2v) is 6.36. The van der Waals surface area contributed by atoms with Gasteiger partial charge in [0.15, 0.2) is 0 Å². The van der Waals surface area contributed by atoms with Crippen LogP contribution in [0.4, 0.5) is 0 Å². The lowest BCUT2D eigenvalue weighted by Crippen LogP contribution is -2.27. The highest BCUT2D eigenvalue weighted by Crippen LogP contribution is 2.30. The van der Waals surface area contributed by atoms with Crippen LogP contribution in [-0.4, -0.2) is 14.7 Å². The van der Waals surface area contributed by atoms with Crippen LogP contribution in [0.5, 0.6) is 0 Å². The van der Waals surface area contributed by atoms with Crippen LogP contribution in [0.15, 0.2) is 71.5 Å². The van der Waals surface area contributed by atoms with E-state index >= 15 is 0 Å². The molecule has 3 aromatic rings. The quantitative estimate of drug-likeness (QED) is 0.768. The first-order valence-corrected chi connectivity index (χ1v) is 7.90. The van der Waals surface area contributed by atoms with E-state index in [0.29, 0.717) is 12.4 Å². The van der Waals surface area contributed by atoms with Crippen LogP contribution in [0.25, 0.3) is 0 Å². The Morgan fingerprint density at radius 1 is 1.14 bits per heavy atom. The van der Waals surface area contributed by atoms with Crippen molar-refractivity contribution in [2.24, 2.45) is 0 Å². The standard InChI is InChI=1S/C18H17BrN2O/c1-18(22,15-8-5-9-16(19)12-15)17-20-10-11-21(17)13-14-6-3-2-4-7-14/h2-12,22H,13H2,1H3. The SMILES string of the molecule is CC(O)(c1cccc(Br)c1)c1nccn1Cc1ccccc1. The summed E-state index contributed by atoms with van der Waals surface area (Å²) in [6.07, 6.45) is 3.62. The van der Waals surface area contributed by atoms with Gasteiger partial charge in [-0.25, -0.2) is 4.98 Å². The number of aliphatic hydroxyl groups is 1. The van der Waals surface area contributed by atoms with Gasteiger partial charge in [-0.3, -0.25) is 0 Å². The summed E-state index contributed by atoms with van der Waals surface area (Å²) in [5, 5.41) is 11.0. The molecule has 1 aromatic heterocycles. The topological polar surface area (TPSA) is 38.1 Å². The molecular weight excluding hydrogens is 340 g/mol. The van der Waals surface area contributed by atoms with E-state index in [2.05, 4.69) is 33.0 Å². The molecule has 0 aliphatic rings. The zero-order chi connectivity index (χ0) is 15.6. The van der Waals surface area contributed by atoms with Gasteiger partial charge >= 0.3 is 0 Å². The first-order valence-electron chi connectivity index (χ1n) is 7.11. The van der Waals surface area contributed by atoms with Gasteiger partial charge in [-0.2, -0.15) is 0 Å². The van der Waals surface area contributed by atoms with E-state index in [4.69, 9.17) is 0 Å². The van der Waals surface area contributed by atoms with Crippen molar-refractivity contribution in [3.8, 4) is 0 Å².